The molecule has 2 aliphatic heterocycles. The van der Waals surface area contributed by atoms with Crippen molar-refractivity contribution in [3.8, 4) is 0 Å². The van der Waals surface area contributed by atoms with E-state index in [1.807, 2.05) is 6.07 Å². The third-order valence-corrected chi connectivity index (χ3v) is 5.81. The van der Waals surface area contributed by atoms with Crippen LogP contribution in [0.3, 0.4) is 0 Å². The maximum absolute atomic E-state index is 11.1. The molecule has 2 saturated heterocycles. The third kappa shape index (κ3) is 2.21. The molecule has 0 atom stereocenters. The lowest BCUT2D eigenvalue weighted by atomic mass is 9.77. The molecule has 4 nitrogen and oxygen atoms in total. The molecule has 21 heavy (non-hydrogen) atoms. The lowest BCUT2D eigenvalue weighted by molar-refractivity contribution is -0.124. The topological polar surface area (TPSA) is 49.8 Å². The summed E-state index contributed by atoms with van der Waals surface area (Å²) in [6.07, 6.45) is 2.38. The van der Waals surface area contributed by atoms with E-state index < -0.39 is 5.97 Å². The van der Waals surface area contributed by atoms with Crippen molar-refractivity contribution >= 4 is 33.1 Å². The summed E-state index contributed by atoms with van der Waals surface area (Å²) in [4.78, 5) is 13.9. The number of piperidine rings is 1. The molecule has 1 N–H and O–H groups in total. The standard InChI is InChI=1S/C16H17NO3S/c18-15(19)14-7-11-1-2-12(8-13(11)21-14)17-5-3-16(4-6-17)9-20-10-16/h1-2,7-8H,3-6,9-10H2,(H,18,19). The van der Waals surface area contributed by atoms with Crippen LogP contribution in [-0.4, -0.2) is 37.4 Å². The number of hydrogen-bond acceptors (Lipinski definition) is 4. The summed E-state index contributed by atoms with van der Waals surface area (Å²) in [7, 11) is 0. The maximum atomic E-state index is 11.1. The Morgan fingerprint density at radius 1 is 1.24 bits per heavy atom. The Morgan fingerprint density at radius 3 is 2.62 bits per heavy atom. The van der Waals surface area contributed by atoms with Gasteiger partial charge in [0, 0.05) is 28.9 Å². The fraction of sp³-hybridized carbons (Fsp3) is 0.438. The molecule has 3 heterocycles. The molecule has 2 aliphatic rings. The van der Waals surface area contributed by atoms with Crippen LogP contribution in [0.1, 0.15) is 22.5 Å². The third-order valence-electron chi connectivity index (χ3n) is 4.72. The zero-order valence-electron chi connectivity index (χ0n) is 11.7. The number of nitrogens with zero attached hydrogens (tertiary/aromatic N) is 1. The molecule has 1 aromatic heterocycles. The number of benzene rings is 1. The van der Waals surface area contributed by atoms with Crippen molar-refractivity contribution < 1.29 is 14.6 Å². The number of rotatable bonds is 2. The van der Waals surface area contributed by atoms with Crippen molar-refractivity contribution in [2.75, 3.05) is 31.2 Å². The van der Waals surface area contributed by atoms with E-state index in [-0.39, 0.29) is 0 Å². The first-order valence-corrected chi connectivity index (χ1v) is 8.07. The molecule has 110 valence electrons. The van der Waals surface area contributed by atoms with Gasteiger partial charge in [-0.2, -0.15) is 0 Å². The van der Waals surface area contributed by atoms with E-state index in [9.17, 15) is 4.79 Å². The van der Waals surface area contributed by atoms with E-state index >= 15 is 0 Å². The number of thiophene rings is 1. The molecular formula is C16H17NO3S. The van der Waals surface area contributed by atoms with E-state index in [1.165, 1.54) is 29.9 Å². The molecule has 5 heteroatoms. The van der Waals surface area contributed by atoms with Crippen LogP contribution in [0, 0.1) is 5.41 Å². The maximum Gasteiger partial charge on any atom is 0.345 e. The van der Waals surface area contributed by atoms with Gasteiger partial charge in [-0.1, -0.05) is 6.07 Å². The molecule has 0 saturated carbocycles. The number of hydrogen-bond donors (Lipinski definition) is 1. The van der Waals surface area contributed by atoms with Crippen molar-refractivity contribution in [1.29, 1.82) is 0 Å². The Balaban J connectivity index is 1.57. The van der Waals surface area contributed by atoms with Crippen LogP contribution < -0.4 is 4.90 Å². The number of carboxylic acids is 1. The Kier molecular flexibility index (Phi) is 2.94. The lowest BCUT2D eigenvalue weighted by Gasteiger charge is -2.47. The summed E-state index contributed by atoms with van der Waals surface area (Å²) in [5.41, 5.74) is 1.65. The molecule has 0 aliphatic carbocycles. The molecule has 1 aromatic carbocycles. The van der Waals surface area contributed by atoms with E-state index in [2.05, 4.69) is 17.0 Å². The molecule has 2 fully saturated rings. The van der Waals surface area contributed by atoms with E-state index in [1.54, 1.807) is 6.07 Å². The molecule has 0 unspecified atom stereocenters. The number of carbonyl (C=O) groups is 1. The second-order valence-electron chi connectivity index (χ2n) is 6.12. The van der Waals surface area contributed by atoms with Gasteiger partial charge in [0.2, 0.25) is 0 Å². The fourth-order valence-corrected chi connectivity index (χ4v) is 4.18. The number of aromatic carboxylic acids is 1. The quantitative estimate of drug-likeness (QED) is 0.925. The summed E-state index contributed by atoms with van der Waals surface area (Å²) in [6, 6.07) is 8.02. The molecule has 0 amide bonds. The second-order valence-corrected chi connectivity index (χ2v) is 7.20. The number of anilines is 1. The normalized spacial score (nSPS) is 20.7. The van der Waals surface area contributed by atoms with Gasteiger partial charge in [-0.05, 0) is 36.4 Å². The van der Waals surface area contributed by atoms with Crippen LogP contribution in [0.25, 0.3) is 10.1 Å². The van der Waals surface area contributed by atoms with Gasteiger partial charge in [-0.15, -0.1) is 11.3 Å². The van der Waals surface area contributed by atoms with Crippen LogP contribution in [0.15, 0.2) is 24.3 Å². The highest BCUT2D eigenvalue weighted by Gasteiger charge is 2.41. The van der Waals surface area contributed by atoms with Gasteiger partial charge in [0.05, 0.1) is 13.2 Å². The minimum Gasteiger partial charge on any atom is -0.477 e. The molecule has 4 rings (SSSR count). The Morgan fingerprint density at radius 2 is 2.00 bits per heavy atom. The van der Waals surface area contributed by atoms with Gasteiger partial charge >= 0.3 is 5.97 Å². The molecule has 0 bridgehead atoms. The SMILES string of the molecule is O=C(O)c1cc2ccc(N3CCC4(CC3)COC4)cc2s1. The van der Waals surface area contributed by atoms with Gasteiger partial charge in [0.15, 0.2) is 0 Å². The van der Waals surface area contributed by atoms with Gasteiger partial charge in [0.25, 0.3) is 0 Å². The zero-order valence-corrected chi connectivity index (χ0v) is 12.5. The monoisotopic (exact) mass is 303 g/mol. The van der Waals surface area contributed by atoms with Crippen molar-refractivity contribution in [3.05, 3.63) is 29.1 Å². The van der Waals surface area contributed by atoms with E-state index in [0.29, 0.717) is 10.3 Å². The average molecular weight is 303 g/mol. The van der Waals surface area contributed by atoms with Crippen LogP contribution in [0.5, 0.6) is 0 Å². The van der Waals surface area contributed by atoms with Crippen LogP contribution in [0.4, 0.5) is 5.69 Å². The van der Waals surface area contributed by atoms with Crippen molar-refractivity contribution in [2.45, 2.75) is 12.8 Å². The van der Waals surface area contributed by atoms with Gasteiger partial charge in [0.1, 0.15) is 4.88 Å². The summed E-state index contributed by atoms with van der Waals surface area (Å²) < 4.78 is 6.42. The van der Waals surface area contributed by atoms with Crippen molar-refractivity contribution in [2.24, 2.45) is 5.41 Å². The fourth-order valence-electron chi connectivity index (χ4n) is 3.24. The first kappa shape index (κ1) is 13.1. The zero-order chi connectivity index (χ0) is 14.4. The van der Waals surface area contributed by atoms with Gasteiger partial charge in [-0.3, -0.25) is 0 Å². The molecule has 2 aromatic rings. The minimum atomic E-state index is -0.845. The van der Waals surface area contributed by atoms with Crippen LogP contribution in [-0.2, 0) is 4.74 Å². The summed E-state index contributed by atoms with van der Waals surface area (Å²) in [6.45, 7) is 3.97. The highest BCUT2D eigenvalue weighted by atomic mass is 32.1. The second kappa shape index (κ2) is 4.71. The van der Waals surface area contributed by atoms with Crippen molar-refractivity contribution in [1.82, 2.24) is 0 Å². The molecule has 1 spiro atoms. The predicted molar refractivity (Wildman–Crippen MR) is 83.5 cm³/mol. The van der Waals surface area contributed by atoms with E-state index in [0.717, 1.165) is 36.4 Å². The Labute approximate surface area is 126 Å². The minimum absolute atomic E-state index is 0.409. The number of fused-ring (bicyclic) bond motifs is 1. The molecular weight excluding hydrogens is 286 g/mol. The smallest absolute Gasteiger partial charge is 0.345 e. The van der Waals surface area contributed by atoms with Gasteiger partial charge < -0.3 is 14.7 Å². The molecule has 0 radical (unpaired) electrons. The Bertz CT molecular complexity index is 695. The Hall–Kier alpha value is -1.59. The highest BCUT2D eigenvalue weighted by molar-refractivity contribution is 7.20. The first-order chi connectivity index (χ1) is 10.2. The largest absolute Gasteiger partial charge is 0.477 e. The van der Waals surface area contributed by atoms with Crippen LogP contribution in [0.2, 0.25) is 0 Å². The summed E-state index contributed by atoms with van der Waals surface area (Å²) in [5, 5.41) is 10.1. The summed E-state index contributed by atoms with van der Waals surface area (Å²) >= 11 is 1.35. The number of carboxylic acid groups (broad SMARTS) is 1. The summed E-state index contributed by atoms with van der Waals surface area (Å²) in [5.74, 6) is -0.845. The highest BCUT2D eigenvalue weighted by Crippen LogP contribution is 2.40. The number of ether oxygens (including phenoxy) is 1. The lowest BCUT2D eigenvalue weighted by Crippen LogP contribution is -2.50. The van der Waals surface area contributed by atoms with Crippen molar-refractivity contribution in [3.63, 3.8) is 0 Å². The van der Waals surface area contributed by atoms with Gasteiger partial charge in [-0.25, -0.2) is 4.79 Å². The van der Waals surface area contributed by atoms with E-state index in [4.69, 9.17) is 9.84 Å². The average Bonchev–Trinajstić information content (AvgIpc) is 2.89. The first-order valence-electron chi connectivity index (χ1n) is 7.25. The van der Waals surface area contributed by atoms with Crippen LogP contribution >= 0.6 is 11.3 Å². The predicted octanol–water partition coefficient (Wildman–Crippen LogP) is 3.22.